The molecule has 1 aliphatic carbocycles. The lowest BCUT2D eigenvalue weighted by atomic mass is 10.1. The molecule has 1 aliphatic rings. The molecule has 94 valence electrons. The Hall–Kier alpha value is -1.32. The van der Waals surface area contributed by atoms with Gasteiger partial charge in [-0.25, -0.2) is 9.97 Å². The summed E-state index contributed by atoms with van der Waals surface area (Å²) < 4.78 is 0. The highest BCUT2D eigenvalue weighted by Gasteiger charge is 2.24. The predicted octanol–water partition coefficient (Wildman–Crippen LogP) is 2.74. The Morgan fingerprint density at radius 2 is 1.88 bits per heavy atom. The number of aryl methyl sites for hydroxylation is 1. The lowest BCUT2D eigenvalue weighted by Crippen LogP contribution is -2.18. The number of hydrogen-bond acceptors (Lipinski definition) is 4. The van der Waals surface area contributed by atoms with Gasteiger partial charge in [0.15, 0.2) is 0 Å². The van der Waals surface area contributed by atoms with E-state index in [1.165, 1.54) is 19.3 Å². The molecule has 1 saturated carbocycles. The van der Waals surface area contributed by atoms with Crippen LogP contribution in [0.1, 0.15) is 37.6 Å². The van der Waals surface area contributed by atoms with E-state index in [1.54, 1.807) is 0 Å². The molecule has 0 spiro atoms. The molecule has 1 unspecified atom stereocenters. The summed E-state index contributed by atoms with van der Waals surface area (Å²) in [5.74, 6) is 3.62. The molecule has 1 aromatic rings. The molecule has 0 saturated heterocycles. The van der Waals surface area contributed by atoms with E-state index in [2.05, 4.69) is 34.4 Å². The first-order valence-electron chi connectivity index (χ1n) is 6.39. The standard InChI is InChI=1S/C13H22N4/c1-8(7-11-5-6-11)15-13-9(2)12(14-4)16-10(3)17-13/h8,11H,5-7H2,1-4H3,(H2,14,15,16,17). The fourth-order valence-corrected chi connectivity index (χ4v) is 2.16. The fraction of sp³-hybridized carbons (Fsp3) is 0.692. The van der Waals surface area contributed by atoms with Gasteiger partial charge in [0.25, 0.3) is 0 Å². The minimum atomic E-state index is 0.486. The number of anilines is 2. The molecule has 4 heteroatoms. The Morgan fingerprint density at radius 1 is 1.24 bits per heavy atom. The lowest BCUT2D eigenvalue weighted by Gasteiger charge is -2.17. The summed E-state index contributed by atoms with van der Waals surface area (Å²) in [6.45, 7) is 6.21. The van der Waals surface area contributed by atoms with Crippen molar-refractivity contribution in [2.45, 2.75) is 46.1 Å². The third-order valence-electron chi connectivity index (χ3n) is 3.26. The summed E-state index contributed by atoms with van der Waals surface area (Å²) in [5.41, 5.74) is 1.10. The molecular weight excluding hydrogens is 212 g/mol. The van der Waals surface area contributed by atoms with E-state index in [0.29, 0.717) is 6.04 Å². The second-order valence-corrected chi connectivity index (χ2v) is 5.07. The summed E-state index contributed by atoms with van der Waals surface area (Å²) in [7, 11) is 1.90. The smallest absolute Gasteiger partial charge is 0.134 e. The molecule has 1 fully saturated rings. The third kappa shape index (κ3) is 3.08. The Kier molecular flexibility index (Phi) is 3.50. The average molecular weight is 234 g/mol. The van der Waals surface area contributed by atoms with Gasteiger partial charge in [0.2, 0.25) is 0 Å². The van der Waals surface area contributed by atoms with Gasteiger partial charge >= 0.3 is 0 Å². The quantitative estimate of drug-likeness (QED) is 0.822. The first-order valence-corrected chi connectivity index (χ1v) is 6.39. The zero-order chi connectivity index (χ0) is 12.4. The number of hydrogen-bond donors (Lipinski definition) is 2. The third-order valence-corrected chi connectivity index (χ3v) is 3.26. The van der Waals surface area contributed by atoms with Crippen molar-refractivity contribution in [3.63, 3.8) is 0 Å². The van der Waals surface area contributed by atoms with Gasteiger partial charge < -0.3 is 10.6 Å². The van der Waals surface area contributed by atoms with Crippen molar-refractivity contribution < 1.29 is 0 Å². The van der Waals surface area contributed by atoms with Crippen LogP contribution in [-0.4, -0.2) is 23.1 Å². The van der Waals surface area contributed by atoms with E-state index in [0.717, 1.165) is 28.9 Å². The van der Waals surface area contributed by atoms with E-state index in [1.807, 2.05) is 14.0 Å². The van der Waals surface area contributed by atoms with Crippen molar-refractivity contribution in [3.05, 3.63) is 11.4 Å². The van der Waals surface area contributed by atoms with Crippen molar-refractivity contribution >= 4 is 11.6 Å². The SMILES string of the molecule is CNc1nc(C)nc(NC(C)CC2CC2)c1C. The van der Waals surface area contributed by atoms with Crippen LogP contribution < -0.4 is 10.6 Å². The van der Waals surface area contributed by atoms with E-state index in [-0.39, 0.29) is 0 Å². The maximum absolute atomic E-state index is 4.49. The van der Waals surface area contributed by atoms with Crippen LogP contribution in [0, 0.1) is 19.8 Å². The zero-order valence-corrected chi connectivity index (χ0v) is 11.2. The van der Waals surface area contributed by atoms with Crippen LogP contribution in [0.2, 0.25) is 0 Å². The van der Waals surface area contributed by atoms with Gasteiger partial charge in [0.05, 0.1) is 0 Å². The molecule has 2 N–H and O–H groups in total. The van der Waals surface area contributed by atoms with Gasteiger partial charge in [0.1, 0.15) is 17.5 Å². The molecule has 1 atom stereocenters. The molecule has 0 amide bonds. The summed E-state index contributed by atoms with van der Waals surface area (Å²) >= 11 is 0. The van der Waals surface area contributed by atoms with Crippen molar-refractivity contribution in [1.29, 1.82) is 0 Å². The van der Waals surface area contributed by atoms with Crippen LogP contribution in [0.4, 0.5) is 11.6 Å². The molecule has 0 aliphatic heterocycles. The van der Waals surface area contributed by atoms with Crippen molar-refractivity contribution in [2.24, 2.45) is 5.92 Å². The minimum absolute atomic E-state index is 0.486. The van der Waals surface area contributed by atoms with Gasteiger partial charge in [0, 0.05) is 18.7 Å². The zero-order valence-electron chi connectivity index (χ0n) is 11.2. The van der Waals surface area contributed by atoms with Gasteiger partial charge in [-0.05, 0) is 33.1 Å². The highest BCUT2D eigenvalue weighted by Crippen LogP contribution is 2.34. The Balaban J connectivity index is 2.10. The van der Waals surface area contributed by atoms with Gasteiger partial charge in [-0.1, -0.05) is 12.8 Å². The Morgan fingerprint density at radius 3 is 2.47 bits per heavy atom. The fourth-order valence-electron chi connectivity index (χ4n) is 2.16. The molecular formula is C13H22N4. The lowest BCUT2D eigenvalue weighted by molar-refractivity contribution is 0.639. The first kappa shape index (κ1) is 12.1. The second-order valence-electron chi connectivity index (χ2n) is 5.07. The summed E-state index contributed by atoms with van der Waals surface area (Å²) in [5, 5.41) is 6.62. The number of nitrogens with zero attached hydrogens (tertiary/aromatic N) is 2. The molecule has 1 aromatic heterocycles. The average Bonchev–Trinajstić information content (AvgIpc) is 3.06. The predicted molar refractivity (Wildman–Crippen MR) is 71.5 cm³/mol. The molecule has 4 nitrogen and oxygen atoms in total. The number of rotatable bonds is 5. The van der Waals surface area contributed by atoms with Crippen LogP contribution in [0.15, 0.2) is 0 Å². The van der Waals surface area contributed by atoms with Crippen LogP contribution in [0.3, 0.4) is 0 Å². The maximum Gasteiger partial charge on any atom is 0.134 e. The van der Waals surface area contributed by atoms with Gasteiger partial charge in [-0.3, -0.25) is 0 Å². The van der Waals surface area contributed by atoms with E-state index in [9.17, 15) is 0 Å². The maximum atomic E-state index is 4.49. The molecule has 0 radical (unpaired) electrons. The van der Waals surface area contributed by atoms with Crippen molar-refractivity contribution in [3.8, 4) is 0 Å². The largest absolute Gasteiger partial charge is 0.373 e. The van der Waals surface area contributed by atoms with Gasteiger partial charge in [-0.2, -0.15) is 0 Å². The van der Waals surface area contributed by atoms with E-state index < -0.39 is 0 Å². The van der Waals surface area contributed by atoms with Crippen molar-refractivity contribution in [1.82, 2.24) is 9.97 Å². The van der Waals surface area contributed by atoms with Gasteiger partial charge in [-0.15, -0.1) is 0 Å². The van der Waals surface area contributed by atoms with E-state index >= 15 is 0 Å². The molecule has 17 heavy (non-hydrogen) atoms. The summed E-state index contributed by atoms with van der Waals surface area (Å²) in [6, 6.07) is 0.486. The van der Waals surface area contributed by atoms with Crippen LogP contribution in [0.25, 0.3) is 0 Å². The van der Waals surface area contributed by atoms with E-state index in [4.69, 9.17) is 0 Å². The number of nitrogens with one attached hydrogen (secondary N) is 2. The summed E-state index contributed by atoms with van der Waals surface area (Å²) in [6.07, 6.45) is 4.04. The van der Waals surface area contributed by atoms with Crippen LogP contribution in [-0.2, 0) is 0 Å². The Labute approximate surface area is 103 Å². The second kappa shape index (κ2) is 4.90. The normalized spacial score (nSPS) is 16.7. The highest BCUT2D eigenvalue weighted by molar-refractivity contribution is 5.57. The summed E-state index contributed by atoms with van der Waals surface area (Å²) in [4.78, 5) is 8.86. The first-order chi connectivity index (χ1) is 8.10. The molecule has 2 rings (SSSR count). The molecule has 0 bridgehead atoms. The van der Waals surface area contributed by atoms with Crippen LogP contribution in [0.5, 0.6) is 0 Å². The Bertz CT molecular complexity index is 399. The topological polar surface area (TPSA) is 49.8 Å². The molecule has 0 aromatic carbocycles. The molecule has 1 heterocycles. The monoisotopic (exact) mass is 234 g/mol. The number of aromatic nitrogens is 2. The van der Waals surface area contributed by atoms with Crippen LogP contribution >= 0.6 is 0 Å². The highest BCUT2D eigenvalue weighted by atomic mass is 15.1. The van der Waals surface area contributed by atoms with Crippen molar-refractivity contribution in [2.75, 3.05) is 17.7 Å². The minimum Gasteiger partial charge on any atom is -0.373 e.